The third-order valence-corrected chi connectivity index (χ3v) is 2.87. The van der Waals surface area contributed by atoms with Crippen LogP contribution >= 0.6 is 22.6 Å². The Morgan fingerprint density at radius 2 is 2.31 bits per heavy atom. The Morgan fingerprint density at radius 3 is 2.88 bits per heavy atom. The van der Waals surface area contributed by atoms with Crippen LogP contribution in [0.1, 0.15) is 5.56 Å². The molecule has 2 N–H and O–H groups in total. The van der Waals surface area contributed by atoms with Crippen molar-refractivity contribution in [2.75, 3.05) is 7.11 Å². The predicted molar refractivity (Wildman–Crippen MR) is 70.7 cm³/mol. The molecule has 0 bridgehead atoms. The lowest BCUT2D eigenvalue weighted by Gasteiger charge is -2.09. The molecule has 2 rings (SSSR count). The number of nitrogens with two attached hydrogens (primary N) is 1. The van der Waals surface area contributed by atoms with Gasteiger partial charge in [-0.05, 0) is 34.2 Å². The molecular formula is C11H12IN3O. The van der Waals surface area contributed by atoms with E-state index in [4.69, 9.17) is 10.5 Å². The fourth-order valence-corrected chi connectivity index (χ4v) is 1.88. The summed E-state index contributed by atoms with van der Waals surface area (Å²) in [5.41, 5.74) is 7.71. The maximum atomic E-state index is 5.70. The molecule has 0 aliphatic carbocycles. The topological polar surface area (TPSA) is 53.1 Å². The van der Waals surface area contributed by atoms with Crippen molar-refractivity contribution in [3.05, 3.63) is 39.7 Å². The monoisotopic (exact) mass is 329 g/mol. The van der Waals surface area contributed by atoms with Gasteiger partial charge < -0.3 is 10.5 Å². The third-order valence-electron chi connectivity index (χ3n) is 2.31. The molecule has 0 fully saturated rings. The zero-order valence-electron chi connectivity index (χ0n) is 8.85. The van der Waals surface area contributed by atoms with E-state index in [2.05, 4.69) is 27.7 Å². The summed E-state index contributed by atoms with van der Waals surface area (Å²) in [6, 6.07) is 5.80. The van der Waals surface area contributed by atoms with Crippen LogP contribution in [-0.4, -0.2) is 16.9 Å². The summed E-state index contributed by atoms with van der Waals surface area (Å²) in [6.45, 7) is 0.482. The standard InChI is InChI=1S/C11H12IN3O/c1-16-10-3-2-8(5-13)11(4-10)15-7-9(12)6-14-15/h2-4,6-7H,5,13H2,1H3. The minimum Gasteiger partial charge on any atom is -0.497 e. The lowest BCUT2D eigenvalue weighted by atomic mass is 10.1. The fourth-order valence-electron chi connectivity index (χ4n) is 1.49. The van der Waals surface area contributed by atoms with Gasteiger partial charge in [0.15, 0.2) is 0 Å². The second-order valence-corrected chi connectivity index (χ2v) is 4.55. The van der Waals surface area contributed by atoms with Crippen molar-refractivity contribution in [3.8, 4) is 11.4 Å². The number of nitrogens with zero attached hydrogens (tertiary/aromatic N) is 2. The van der Waals surface area contributed by atoms with Gasteiger partial charge in [-0.3, -0.25) is 0 Å². The van der Waals surface area contributed by atoms with E-state index in [0.29, 0.717) is 6.54 Å². The fraction of sp³-hybridized carbons (Fsp3) is 0.182. The molecule has 1 aromatic carbocycles. The summed E-state index contributed by atoms with van der Waals surface area (Å²) < 4.78 is 8.10. The zero-order valence-corrected chi connectivity index (χ0v) is 11.0. The summed E-state index contributed by atoms with van der Waals surface area (Å²) in [5, 5.41) is 4.27. The van der Waals surface area contributed by atoms with E-state index in [-0.39, 0.29) is 0 Å². The molecule has 5 heteroatoms. The summed E-state index contributed by atoms with van der Waals surface area (Å²) >= 11 is 2.22. The number of rotatable bonds is 3. The minimum atomic E-state index is 0.482. The lowest BCUT2D eigenvalue weighted by molar-refractivity contribution is 0.414. The summed E-state index contributed by atoms with van der Waals surface area (Å²) in [6.07, 6.45) is 3.76. The van der Waals surface area contributed by atoms with E-state index >= 15 is 0 Å². The molecule has 0 amide bonds. The number of aromatic nitrogens is 2. The van der Waals surface area contributed by atoms with Crippen LogP contribution in [0.5, 0.6) is 5.75 Å². The quantitative estimate of drug-likeness (QED) is 0.876. The van der Waals surface area contributed by atoms with E-state index in [1.165, 1.54) is 0 Å². The Balaban J connectivity index is 2.52. The van der Waals surface area contributed by atoms with E-state index < -0.39 is 0 Å². The molecule has 0 atom stereocenters. The number of hydrogen-bond acceptors (Lipinski definition) is 3. The highest BCUT2D eigenvalue weighted by atomic mass is 127. The summed E-state index contributed by atoms with van der Waals surface area (Å²) in [7, 11) is 1.65. The van der Waals surface area contributed by atoms with Crippen LogP contribution in [0.15, 0.2) is 30.6 Å². The highest BCUT2D eigenvalue weighted by molar-refractivity contribution is 14.1. The number of benzene rings is 1. The van der Waals surface area contributed by atoms with Gasteiger partial charge in [0.05, 0.1) is 22.6 Å². The second kappa shape index (κ2) is 4.84. The SMILES string of the molecule is COc1ccc(CN)c(-n2cc(I)cn2)c1. The smallest absolute Gasteiger partial charge is 0.121 e. The van der Waals surface area contributed by atoms with E-state index in [9.17, 15) is 0 Å². The van der Waals surface area contributed by atoms with E-state index in [1.807, 2.05) is 29.1 Å². The first-order valence-corrected chi connectivity index (χ1v) is 5.90. The molecule has 84 valence electrons. The number of halogens is 1. The molecule has 0 aliphatic heterocycles. The van der Waals surface area contributed by atoms with Crippen LogP contribution < -0.4 is 10.5 Å². The maximum absolute atomic E-state index is 5.70. The number of methoxy groups -OCH3 is 1. The van der Waals surface area contributed by atoms with Gasteiger partial charge in [0.2, 0.25) is 0 Å². The molecule has 0 saturated carbocycles. The Kier molecular flexibility index (Phi) is 3.45. The molecule has 2 aromatic rings. The summed E-state index contributed by atoms with van der Waals surface area (Å²) in [5.74, 6) is 0.803. The first-order chi connectivity index (χ1) is 7.74. The van der Waals surface area contributed by atoms with Crippen molar-refractivity contribution in [2.24, 2.45) is 5.73 Å². The van der Waals surface area contributed by atoms with Crippen LogP contribution in [0.3, 0.4) is 0 Å². The molecule has 0 spiro atoms. The minimum absolute atomic E-state index is 0.482. The van der Waals surface area contributed by atoms with Crippen LogP contribution in [0.4, 0.5) is 0 Å². The highest BCUT2D eigenvalue weighted by Gasteiger charge is 2.06. The molecule has 1 aromatic heterocycles. The molecule has 0 saturated heterocycles. The number of hydrogen-bond donors (Lipinski definition) is 1. The second-order valence-electron chi connectivity index (χ2n) is 3.30. The van der Waals surface area contributed by atoms with Crippen molar-refractivity contribution in [2.45, 2.75) is 6.54 Å². The molecule has 0 unspecified atom stereocenters. The average molecular weight is 329 g/mol. The van der Waals surface area contributed by atoms with E-state index in [0.717, 1.165) is 20.6 Å². The van der Waals surface area contributed by atoms with Gasteiger partial charge in [-0.25, -0.2) is 4.68 Å². The average Bonchev–Trinajstić information content (AvgIpc) is 2.75. The third kappa shape index (κ3) is 2.19. The lowest BCUT2D eigenvalue weighted by Crippen LogP contribution is -2.05. The van der Waals surface area contributed by atoms with E-state index in [1.54, 1.807) is 13.3 Å². The van der Waals surface area contributed by atoms with Gasteiger partial charge in [0, 0.05) is 18.8 Å². The summed E-state index contributed by atoms with van der Waals surface area (Å²) in [4.78, 5) is 0. The van der Waals surface area contributed by atoms with Gasteiger partial charge in [0.25, 0.3) is 0 Å². The van der Waals surface area contributed by atoms with Crippen LogP contribution in [0.25, 0.3) is 5.69 Å². The Morgan fingerprint density at radius 1 is 1.50 bits per heavy atom. The molecule has 1 heterocycles. The maximum Gasteiger partial charge on any atom is 0.121 e. The van der Waals surface area contributed by atoms with Crippen LogP contribution in [0.2, 0.25) is 0 Å². The van der Waals surface area contributed by atoms with Gasteiger partial charge in [-0.2, -0.15) is 5.10 Å². The Labute approximate surface area is 108 Å². The first-order valence-electron chi connectivity index (χ1n) is 4.82. The Bertz CT molecular complexity index is 496. The normalized spacial score (nSPS) is 10.4. The molecule has 0 radical (unpaired) electrons. The molecule has 4 nitrogen and oxygen atoms in total. The van der Waals surface area contributed by atoms with Gasteiger partial charge in [0.1, 0.15) is 5.75 Å². The van der Waals surface area contributed by atoms with Gasteiger partial charge in [-0.15, -0.1) is 0 Å². The van der Waals surface area contributed by atoms with Crippen molar-refractivity contribution in [3.63, 3.8) is 0 Å². The Hall–Kier alpha value is -1.08. The largest absolute Gasteiger partial charge is 0.497 e. The molecule has 0 aliphatic rings. The number of ether oxygens (including phenoxy) is 1. The zero-order chi connectivity index (χ0) is 11.5. The molecule has 16 heavy (non-hydrogen) atoms. The highest BCUT2D eigenvalue weighted by Crippen LogP contribution is 2.21. The van der Waals surface area contributed by atoms with Crippen molar-refractivity contribution in [1.29, 1.82) is 0 Å². The predicted octanol–water partition coefficient (Wildman–Crippen LogP) is 1.94. The van der Waals surface area contributed by atoms with Crippen LogP contribution in [-0.2, 0) is 6.54 Å². The molecular weight excluding hydrogens is 317 g/mol. The van der Waals surface area contributed by atoms with Gasteiger partial charge in [-0.1, -0.05) is 6.07 Å². The van der Waals surface area contributed by atoms with Crippen molar-refractivity contribution >= 4 is 22.6 Å². The van der Waals surface area contributed by atoms with Crippen LogP contribution in [0, 0.1) is 3.57 Å². The first kappa shape index (κ1) is 11.4. The van der Waals surface area contributed by atoms with Crippen molar-refractivity contribution < 1.29 is 4.74 Å². The van der Waals surface area contributed by atoms with Gasteiger partial charge >= 0.3 is 0 Å². The van der Waals surface area contributed by atoms with Crippen molar-refractivity contribution in [1.82, 2.24) is 9.78 Å².